The molecule has 1 N–H and O–H groups in total. The largest absolute Gasteiger partial charge is 0.361 e. The van der Waals surface area contributed by atoms with Crippen molar-refractivity contribution in [2.45, 2.75) is 19.3 Å². The number of nitrogens with one attached hydrogen (secondary N) is 1. The van der Waals surface area contributed by atoms with Crippen molar-refractivity contribution < 1.29 is 0 Å². The summed E-state index contributed by atoms with van der Waals surface area (Å²) in [5, 5.41) is 1.32. The smallest absolute Gasteiger partial charge is 0.0457 e. The number of nitrogens with zero attached hydrogens (tertiary/aromatic N) is 1. The molecular weight excluding hydrogens is 220 g/mol. The van der Waals surface area contributed by atoms with Crippen LogP contribution in [0, 0.1) is 0 Å². The molecule has 1 aromatic carbocycles. The third-order valence-electron chi connectivity index (χ3n) is 3.51. The maximum atomic E-state index is 4.10. The van der Waals surface area contributed by atoms with E-state index in [2.05, 4.69) is 59.5 Å². The summed E-state index contributed by atoms with van der Waals surface area (Å²) >= 11 is 0. The van der Waals surface area contributed by atoms with E-state index in [1.165, 1.54) is 22.0 Å². The van der Waals surface area contributed by atoms with Gasteiger partial charge in [0.05, 0.1) is 0 Å². The molecule has 0 aliphatic carbocycles. The lowest BCUT2D eigenvalue weighted by Crippen LogP contribution is -1.98. The number of pyridine rings is 1. The van der Waals surface area contributed by atoms with Gasteiger partial charge in [0.25, 0.3) is 0 Å². The minimum atomic E-state index is 0.434. The summed E-state index contributed by atoms with van der Waals surface area (Å²) in [6, 6.07) is 12.7. The third kappa shape index (κ3) is 1.80. The number of fused-ring (bicyclic) bond motifs is 1. The molecule has 2 heteroatoms. The molecule has 0 saturated carbocycles. The van der Waals surface area contributed by atoms with Crippen LogP contribution in [-0.2, 0) is 0 Å². The Kier molecular flexibility index (Phi) is 2.85. The Morgan fingerprint density at radius 3 is 2.67 bits per heavy atom. The van der Waals surface area contributed by atoms with E-state index in [0.717, 1.165) is 6.42 Å². The number of rotatable bonds is 3. The van der Waals surface area contributed by atoms with Gasteiger partial charge in [0, 0.05) is 35.4 Å². The Bertz CT molecular complexity index is 640. The van der Waals surface area contributed by atoms with Gasteiger partial charge in [-0.2, -0.15) is 0 Å². The van der Waals surface area contributed by atoms with E-state index in [-0.39, 0.29) is 0 Å². The molecule has 0 radical (unpaired) electrons. The van der Waals surface area contributed by atoms with Crippen LogP contribution in [0.4, 0.5) is 0 Å². The fraction of sp³-hybridized carbons (Fsp3) is 0.188. The van der Waals surface area contributed by atoms with E-state index < -0.39 is 0 Å². The van der Waals surface area contributed by atoms with Gasteiger partial charge in [-0.05, 0) is 35.7 Å². The highest BCUT2D eigenvalue weighted by Gasteiger charge is 2.15. The molecule has 18 heavy (non-hydrogen) atoms. The highest BCUT2D eigenvalue weighted by molar-refractivity contribution is 5.84. The second kappa shape index (κ2) is 4.65. The van der Waals surface area contributed by atoms with Gasteiger partial charge in [0.15, 0.2) is 0 Å². The molecule has 0 aliphatic heterocycles. The molecule has 2 aromatic heterocycles. The standard InChI is InChI=1S/C16H16N2/c1-2-13(12-7-9-17-10-8-12)15-11-18-16-6-4-3-5-14(15)16/h3-11,13,18H,2H2,1H3. The van der Waals surface area contributed by atoms with Crippen LogP contribution < -0.4 is 0 Å². The predicted molar refractivity (Wildman–Crippen MR) is 74.7 cm³/mol. The van der Waals surface area contributed by atoms with Gasteiger partial charge in [-0.15, -0.1) is 0 Å². The zero-order chi connectivity index (χ0) is 12.4. The zero-order valence-corrected chi connectivity index (χ0v) is 10.4. The summed E-state index contributed by atoms with van der Waals surface area (Å²) in [5.41, 5.74) is 3.91. The van der Waals surface area contributed by atoms with Crippen LogP contribution in [-0.4, -0.2) is 9.97 Å². The lowest BCUT2D eigenvalue weighted by molar-refractivity contribution is 0.781. The van der Waals surface area contributed by atoms with Crippen molar-refractivity contribution in [3.63, 3.8) is 0 Å². The lowest BCUT2D eigenvalue weighted by atomic mass is 9.89. The minimum absolute atomic E-state index is 0.434. The van der Waals surface area contributed by atoms with Crippen LogP contribution in [0.2, 0.25) is 0 Å². The van der Waals surface area contributed by atoms with Crippen molar-refractivity contribution in [2.75, 3.05) is 0 Å². The van der Waals surface area contributed by atoms with Crippen molar-refractivity contribution >= 4 is 10.9 Å². The topological polar surface area (TPSA) is 28.7 Å². The molecule has 1 unspecified atom stereocenters. The van der Waals surface area contributed by atoms with Gasteiger partial charge in [-0.25, -0.2) is 0 Å². The minimum Gasteiger partial charge on any atom is -0.361 e. The Labute approximate surface area is 107 Å². The molecule has 0 amide bonds. The van der Waals surface area contributed by atoms with Gasteiger partial charge in [0.2, 0.25) is 0 Å². The number of aromatic amines is 1. The zero-order valence-electron chi connectivity index (χ0n) is 10.4. The van der Waals surface area contributed by atoms with Crippen molar-refractivity contribution in [1.82, 2.24) is 9.97 Å². The summed E-state index contributed by atoms with van der Waals surface area (Å²) in [6.45, 7) is 2.23. The molecule has 2 nitrogen and oxygen atoms in total. The van der Waals surface area contributed by atoms with Gasteiger partial charge in [0.1, 0.15) is 0 Å². The molecule has 0 bridgehead atoms. The first-order chi connectivity index (χ1) is 8.90. The molecule has 3 rings (SSSR count). The Hall–Kier alpha value is -2.09. The number of H-pyrrole nitrogens is 1. The van der Waals surface area contributed by atoms with E-state index >= 15 is 0 Å². The average molecular weight is 236 g/mol. The van der Waals surface area contributed by atoms with Crippen molar-refractivity contribution in [3.8, 4) is 0 Å². The number of hydrogen-bond donors (Lipinski definition) is 1. The van der Waals surface area contributed by atoms with Crippen LogP contribution in [0.1, 0.15) is 30.4 Å². The second-order valence-corrected chi connectivity index (χ2v) is 4.53. The molecule has 0 aliphatic rings. The van der Waals surface area contributed by atoms with Crippen molar-refractivity contribution in [3.05, 3.63) is 66.1 Å². The van der Waals surface area contributed by atoms with Crippen LogP contribution in [0.15, 0.2) is 55.0 Å². The Balaban J connectivity index is 2.12. The highest BCUT2D eigenvalue weighted by Crippen LogP contribution is 2.32. The molecule has 90 valence electrons. The summed E-state index contributed by atoms with van der Waals surface area (Å²) < 4.78 is 0. The molecule has 1 atom stereocenters. The molecule has 3 aromatic rings. The maximum absolute atomic E-state index is 4.10. The van der Waals surface area contributed by atoms with E-state index in [0.29, 0.717) is 5.92 Å². The summed E-state index contributed by atoms with van der Waals surface area (Å²) in [6.07, 6.45) is 6.96. The SMILES string of the molecule is CCC(c1ccncc1)c1c[nH]c2ccccc12. The fourth-order valence-corrected chi connectivity index (χ4v) is 2.61. The monoisotopic (exact) mass is 236 g/mol. The van der Waals surface area contributed by atoms with E-state index in [1.54, 1.807) is 0 Å². The second-order valence-electron chi connectivity index (χ2n) is 4.53. The first-order valence-corrected chi connectivity index (χ1v) is 6.36. The van der Waals surface area contributed by atoms with E-state index in [4.69, 9.17) is 0 Å². The van der Waals surface area contributed by atoms with Crippen LogP contribution in [0.5, 0.6) is 0 Å². The van der Waals surface area contributed by atoms with Gasteiger partial charge >= 0.3 is 0 Å². The normalized spacial score (nSPS) is 12.7. The molecule has 0 fully saturated rings. The number of aromatic nitrogens is 2. The summed E-state index contributed by atoms with van der Waals surface area (Å²) in [7, 11) is 0. The quantitative estimate of drug-likeness (QED) is 0.728. The first-order valence-electron chi connectivity index (χ1n) is 6.36. The van der Waals surface area contributed by atoms with E-state index in [9.17, 15) is 0 Å². The van der Waals surface area contributed by atoms with Crippen LogP contribution in [0.25, 0.3) is 10.9 Å². The Morgan fingerprint density at radius 1 is 1.11 bits per heavy atom. The van der Waals surface area contributed by atoms with Gasteiger partial charge in [-0.1, -0.05) is 25.1 Å². The van der Waals surface area contributed by atoms with Crippen molar-refractivity contribution in [1.29, 1.82) is 0 Å². The number of para-hydroxylation sites is 1. The summed E-state index contributed by atoms with van der Waals surface area (Å²) in [5.74, 6) is 0.434. The first kappa shape index (κ1) is 11.0. The molecular formula is C16H16N2. The molecule has 2 heterocycles. The Morgan fingerprint density at radius 2 is 1.89 bits per heavy atom. The number of benzene rings is 1. The number of hydrogen-bond acceptors (Lipinski definition) is 1. The van der Waals surface area contributed by atoms with Crippen molar-refractivity contribution in [2.24, 2.45) is 0 Å². The summed E-state index contributed by atoms with van der Waals surface area (Å²) in [4.78, 5) is 7.46. The average Bonchev–Trinajstić information content (AvgIpc) is 2.85. The fourth-order valence-electron chi connectivity index (χ4n) is 2.61. The maximum Gasteiger partial charge on any atom is 0.0457 e. The third-order valence-corrected chi connectivity index (χ3v) is 3.51. The van der Waals surface area contributed by atoms with Crippen LogP contribution in [0.3, 0.4) is 0 Å². The van der Waals surface area contributed by atoms with E-state index in [1.807, 2.05) is 12.4 Å². The lowest BCUT2D eigenvalue weighted by Gasteiger charge is -2.14. The molecule has 0 spiro atoms. The van der Waals surface area contributed by atoms with Gasteiger partial charge < -0.3 is 4.98 Å². The molecule has 0 saturated heterocycles. The van der Waals surface area contributed by atoms with Crippen LogP contribution >= 0.6 is 0 Å². The highest BCUT2D eigenvalue weighted by atomic mass is 14.7. The van der Waals surface area contributed by atoms with Gasteiger partial charge in [-0.3, -0.25) is 4.98 Å². The predicted octanol–water partition coefficient (Wildman–Crippen LogP) is 4.10.